The number of aryl methyl sites for hydroxylation is 2. The Morgan fingerprint density at radius 3 is 1.59 bits per heavy atom. The number of oxazole rings is 2. The molecule has 0 fully saturated rings. The standard InChI is InChI=1S/C18H14N2O2/c1-11-5-3-7-13-17(11)19-15(21-13)9-10-16-20-18-12(2)6-4-8-14(18)22-16/h3-10H,1-2H3/b10-9+. The van der Waals surface area contributed by atoms with Gasteiger partial charge in [0.15, 0.2) is 11.2 Å². The molecule has 0 N–H and O–H groups in total. The van der Waals surface area contributed by atoms with Crippen molar-refractivity contribution in [3.05, 3.63) is 59.3 Å². The van der Waals surface area contributed by atoms with E-state index in [1.807, 2.05) is 50.2 Å². The van der Waals surface area contributed by atoms with Crippen molar-refractivity contribution in [1.82, 2.24) is 9.97 Å². The maximum absolute atomic E-state index is 5.70. The molecule has 0 atom stereocenters. The van der Waals surface area contributed by atoms with Gasteiger partial charge in [0.05, 0.1) is 0 Å². The molecule has 0 bridgehead atoms. The minimum atomic E-state index is 0.545. The van der Waals surface area contributed by atoms with Gasteiger partial charge in [-0.15, -0.1) is 0 Å². The van der Waals surface area contributed by atoms with Gasteiger partial charge in [0.2, 0.25) is 11.8 Å². The summed E-state index contributed by atoms with van der Waals surface area (Å²) in [7, 11) is 0. The van der Waals surface area contributed by atoms with Crippen molar-refractivity contribution >= 4 is 34.4 Å². The SMILES string of the molecule is Cc1cccc2oc(/C=C/c3nc4c(C)cccc4o3)nc12. The Labute approximate surface area is 127 Å². The van der Waals surface area contributed by atoms with E-state index in [4.69, 9.17) is 8.83 Å². The number of benzene rings is 2. The van der Waals surface area contributed by atoms with Gasteiger partial charge in [0, 0.05) is 12.2 Å². The third-order valence-corrected chi connectivity index (χ3v) is 3.64. The van der Waals surface area contributed by atoms with Crippen LogP contribution in [0, 0.1) is 13.8 Å². The summed E-state index contributed by atoms with van der Waals surface area (Å²) in [4.78, 5) is 8.95. The van der Waals surface area contributed by atoms with E-state index in [0.29, 0.717) is 11.8 Å². The minimum Gasteiger partial charge on any atom is -0.437 e. The highest BCUT2D eigenvalue weighted by Gasteiger charge is 2.07. The molecule has 0 saturated carbocycles. The summed E-state index contributed by atoms with van der Waals surface area (Å²) in [6.07, 6.45) is 3.55. The van der Waals surface area contributed by atoms with Crippen LogP contribution in [-0.4, -0.2) is 9.97 Å². The van der Waals surface area contributed by atoms with Crippen LogP contribution in [0.3, 0.4) is 0 Å². The number of para-hydroxylation sites is 2. The highest BCUT2D eigenvalue weighted by molar-refractivity contribution is 5.80. The predicted octanol–water partition coefficient (Wildman–Crippen LogP) is 4.76. The predicted molar refractivity (Wildman–Crippen MR) is 86.4 cm³/mol. The van der Waals surface area contributed by atoms with Crippen molar-refractivity contribution < 1.29 is 8.83 Å². The zero-order valence-corrected chi connectivity index (χ0v) is 12.3. The Balaban J connectivity index is 1.72. The van der Waals surface area contributed by atoms with Crippen LogP contribution in [0.15, 0.2) is 45.2 Å². The van der Waals surface area contributed by atoms with Gasteiger partial charge >= 0.3 is 0 Å². The van der Waals surface area contributed by atoms with Crippen molar-refractivity contribution in [2.45, 2.75) is 13.8 Å². The van der Waals surface area contributed by atoms with Gasteiger partial charge in [-0.25, -0.2) is 9.97 Å². The molecule has 4 aromatic rings. The number of nitrogens with zero attached hydrogens (tertiary/aromatic N) is 2. The monoisotopic (exact) mass is 290 g/mol. The summed E-state index contributed by atoms with van der Waals surface area (Å²) < 4.78 is 11.4. The van der Waals surface area contributed by atoms with E-state index in [9.17, 15) is 0 Å². The van der Waals surface area contributed by atoms with Crippen LogP contribution < -0.4 is 0 Å². The molecule has 108 valence electrons. The first-order valence-electron chi connectivity index (χ1n) is 7.11. The third kappa shape index (κ3) is 2.09. The Hall–Kier alpha value is -2.88. The lowest BCUT2D eigenvalue weighted by Crippen LogP contribution is -1.76. The van der Waals surface area contributed by atoms with Crippen LogP contribution in [0.4, 0.5) is 0 Å². The first-order valence-corrected chi connectivity index (χ1v) is 7.11. The van der Waals surface area contributed by atoms with Crippen molar-refractivity contribution in [2.75, 3.05) is 0 Å². The van der Waals surface area contributed by atoms with E-state index >= 15 is 0 Å². The molecular formula is C18H14N2O2. The molecule has 4 rings (SSSR count). The smallest absolute Gasteiger partial charge is 0.220 e. The summed E-state index contributed by atoms with van der Waals surface area (Å²) in [5, 5.41) is 0. The number of hydrogen-bond acceptors (Lipinski definition) is 4. The molecule has 2 heterocycles. The van der Waals surface area contributed by atoms with Crippen molar-refractivity contribution in [2.24, 2.45) is 0 Å². The van der Waals surface area contributed by atoms with E-state index in [1.165, 1.54) is 0 Å². The fourth-order valence-electron chi connectivity index (χ4n) is 2.49. The van der Waals surface area contributed by atoms with Crippen molar-refractivity contribution in [3.63, 3.8) is 0 Å². The van der Waals surface area contributed by atoms with Crippen molar-refractivity contribution in [1.29, 1.82) is 0 Å². The second-order valence-corrected chi connectivity index (χ2v) is 5.28. The number of rotatable bonds is 2. The van der Waals surface area contributed by atoms with Gasteiger partial charge in [-0.3, -0.25) is 0 Å². The maximum atomic E-state index is 5.70. The molecule has 0 saturated heterocycles. The molecule has 4 nitrogen and oxygen atoms in total. The Bertz CT molecular complexity index is 926. The quantitative estimate of drug-likeness (QED) is 0.534. The second-order valence-electron chi connectivity index (χ2n) is 5.28. The highest BCUT2D eigenvalue weighted by atomic mass is 16.4. The molecule has 0 aliphatic heterocycles. The zero-order chi connectivity index (χ0) is 15.1. The van der Waals surface area contributed by atoms with Gasteiger partial charge in [0.25, 0.3) is 0 Å². The van der Waals surface area contributed by atoms with Crippen molar-refractivity contribution in [3.8, 4) is 0 Å². The summed E-state index contributed by atoms with van der Waals surface area (Å²) in [6.45, 7) is 4.03. The molecule has 0 spiro atoms. The summed E-state index contributed by atoms with van der Waals surface area (Å²) in [5.74, 6) is 1.09. The van der Waals surface area contributed by atoms with Crippen LogP contribution in [0.5, 0.6) is 0 Å². The van der Waals surface area contributed by atoms with Gasteiger partial charge < -0.3 is 8.83 Å². The summed E-state index contributed by atoms with van der Waals surface area (Å²) >= 11 is 0. The Morgan fingerprint density at radius 1 is 0.727 bits per heavy atom. The normalized spacial score (nSPS) is 11.9. The largest absolute Gasteiger partial charge is 0.437 e. The molecular weight excluding hydrogens is 276 g/mol. The average molecular weight is 290 g/mol. The van der Waals surface area contributed by atoms with Gasteiger partial charge in [-0.2, -0.15) is 0 Å². The van der Waals surface area contributed by atoms with E-state index < -0.39 is 0 Å². The lowest BCUT2D eigenvalue weighted by Gasteiger charge is -1.88. The second kappa shape index (κ2) is 4.84. The molecule has 0 amide bonds. The molecule has 0 radical (unpaired) electrons. The first kappa shape index (κ1) is 12.8. The molecule has 0 unspecified atom stereocenters. The van der Waals surface area contributed by atoms with Crippen LogP contribution >= 0.6 is 0 Å². The van der Waals surface area contributed by atoms with Crippen LogP contribution in [-0.2, 0) is 0 Å². The molecule has 2 aromatic heterocycles. The molecule has 4 heteroatoms. The van der Waals surface area contributed by atoms with Crippen LogP contribution in [0.1, 0.15) is 22.9 Å². The fourth-order valence-corrected chi connectivity index (χ4v) is 2.49. The zero-order valence-electron chi connectivity index (χ0n) is 12.3. The molecule has 2 aromatic carbocycles. The van der Waals surface area contributed by atoms with Gasteiger partial charge in [0.1, 0.15) is 11.0 Å². The topological polar surface area (TPSA) is 52.1 Å². The van der Waals surface area contributed by atoms with E-state index in [1.54, 1.807) is 12.2 Å². The first-order chi connectivity index (χ1) is 10.7. The molecule has 0 aliphatic carbocycles. The van der Waals surface area contributed by atoms with Crippen LogP contribution in [0.25, 0.3) is 34.4 Å². The number of fused-ring (bicyclic) bond motifs is 2. The van der Waals surface area contributed by atoms with Gasteiger partial charge in [-0.05, 0) is 37.1 Å². The molecule has 0 aliphatic rings. The lowest BCUT2D eigenvalue weighted by molar-refractivity contribution is 0.583. The number of aromatic nitrogens is 2. The van der Waals surface area contributed by atoms with E-state index in [0.717, 1.165) is 33.3 Å². The summed E-state index contributed by atoms with van der Waals surface area (Å²) in [6, 6.07) is 11.8. The highest BCUT2D eigenvalue weighted by Crippen LogP contribution is 2.22. The number of hydrogen-bond donors (Lipinski definition) is 0. The van der Waals surface area contributed by atoms with Crippen LogP contribution in [0.2, 0.25) is 0 Å². The minimum absolute atomic E-state index is 0.545. The fraction of sp³-hybridized carbons (Fsp3) is 0.111. The summed E-state index contributed by atoms with van der Waals surface area (Å²) in [5.41, 5.74) is 5.53. The average Bonchev–Trinajstić information content (AvgIpc) is 3.10. The van der Waals surface area contributed by atoms with E-state index in [2.05, 4.69) is 9.97 Å². The lowest BCUT2D eigenvalue weighted by atomic mass is 10.2. The molecule has 22 heavy (non-hydrogen) atoms. The Morgan fingerprint density at radius 2 is 1.18 bits per heavy atom. The van der Waals surface area contributed by atoms with Gasteiger partial charge in [-0.1, -0.05) is 24.3 Å². The van der Waals surface area contributed by atoms with E-state index in [-0.39, 0.29) is 0 Å². The Kier molecular flexibility index (Phi) is 2.82. The maximum Gasteiger partial charge on any atom is 0.220 e. The third-order valence-electron chi connectivity index (χ3n) is 3.64.